The first-order chi connectivity index (χ1) is 14.3. The highest BCUT2D eigenvalue weighted by Crippen LogP contribution is 2.39. The number of primary amides is 1. The summed E-state index contributed by atoms with van der Waals surface area (Å²) in [5, 5.41) is 13.2. The first kappa shape index (κ1) is 20.3. The van der Waals surface area contributed by atoms with Crippen molar-refractivity contribution in [3.05, 3.63) is 43.1 Å². The second-order valence-electron chi connectivity index (χ2n) is 7.49. The molecule has 1 aliphatic carbocycles. The number of carbonyl (C=O) groups is 2. The molecule has 154 valence electrons. The molecule has 3 heterocycles. The van der Waals surface area contributed by atoms with E-state index in [9.17, 15) is 19.6 Å². The zero-order chi connectivity index (χ0) is 21.6. The van der Waals surface area contributed by atoms with E-state index in [1.165, 1.54) is 22.2 Å². The Bertz CT molecular complexity index is 1290. The molecular weight excluding hydrogens is 422 g/mol. The van der Waals surface area contributed by atoms with E-state index in [4.69, 9.17) is 5.73 Å². The van der Waals surface area contributed by atoms with Gasteiger partial charge in [0.2, 0.25) is 5.91 Å². The minimum absolute atomic E-state index is 0.243. The zero-order valence-corrected chi connectivity index (χ0v) is 18.1. The molecular formula is C20H19N5O3S2. The molecule has 30 heavy (non-hydrogen) atoms. The molecule has 3 aromatic rings. The van der Waals surface area contributed by atoms with Crippen LogP contribution in [0.25, 0.3) is 10.2 Å². The average Bonchev–Trinajstić information content (AvgIpc) is 3.20. The van der Waals surface area contributed by atoms with Crippen molar-refractivity contribution in [2.75, 3.05) is 5.32 Å². The van der Waals surface area contributed by atoms with Gasteiger partial charge in [-0.25, -0.2) is 4.98 Å². The summed E-state index contributed by atoms with van der Waals surface area (Å²) in [6.45, 7) is 3.58. The fourth-order valence-corrected chi connectivity index (χ4v) is 6.15. The molecule has 0 fully saturated rings. The SMILES string of the molecule is Cc1c(C(N)=O)sc2ncn(CC(=O)Nc3sc4c(c3C#N)CCC(C)C4)c(=O)c12. The van der Waals surface area contributed by atoms with Gasteiger partial charge in [0.05, 0.1) is 22.2 Å². The lowest BCUT2D eigenvalue weighted by atomic mass is 9.89. The van der Waals surface area contributed by atoms with E-state index in [-0.39, 0.29) is 11.4 Å². The smallest absolute Gasteiger partial charge is 0.262 e. The van der Waals surface area contributed by atoms with Crippen LogP contribution in [0.5, 0.6) is 0 Å². The zero-order valence-electron chi connectivity index (χ0n) is 16.4. The number of aryl methyl sites for hydroxylation is 1. The Kier molecular flexibility index (Phi) is 5.17. The molecule has 0 saturated carbocycles. The maximum Gasteiger partial charge on any atom is 0.262 e. The van der Waals surface area contributed by atoms with Gasteiger partial charge in [0, 0.05) is 4.88 Å². The van der Waals surface area contributed by atoms with Crippen LogP contribution < -0.4 is 16.6 Å². The van der Waals surface area contributed by atoms with Crippen molar-refractivity contribution in [2.24, 2.45) is 11.7 Å². The molecule has 1 aliphatic rings. The summed E-state index contributed by atoms with van der Waals surface area (Å²) in [7, 11) is 0. The van der Waals surface area contributed by atoms with Crippen LogP contribution in [0.1, 0.15) is 44.6 Å². The van der Waals surface area contributed by atoms with Crippen LogP contribution in [-0.4, -0.2) is 21.4 Å². The quantitative estimate of drug-likeness (QED) is 0.642. The van der Waals surface area contributed by atoms with Crippen LogP contribution in [0.15, 0.2) is 11.1 Å². The number of amides is 2. The Morgan fingerprint density at radius 2 is 2.20 bits per heavy atom. The molecule has 0 radical (unpaired) electrons. The highest BCUT2D eigenvalue weighted by Gasteiger charge is 2.25. The topological polar surface area (TPSA) is 131 Å². The number of aromatic nitrogens is 2. The fourth-order valence-electron chi connectivity index (χ4n) is 3.78. The molecule has 3 N–H and O–H groups in total. The van der Waals surface area contributed by atoms with Gasteiger partial charge in [0.1, 0.15) is 22.4 Å². The second kappa shape index (κ2) is 7.66. The van der Waals surface area contributed by atoms with Gasteiger partial charge >= 0.3 is 0 Å². The van der Waals surface area contributed by atoms with Crippen LogP contribution in [0.3, 0.4) is 0 Å². The van der Waals surface area contributed by atoms with Crippen LogP contribution in [0, 0.1) is 24.2 Å². The number of thiophene rings is 2. The number of carbonyl (C=O) groups excluding carboxylic acids is 2. The third kappa shape index (κ3) is 3.40. The van der Waals surface area contributed by atoms with E-state index in [1.807, 2.05) is 0 Å². The third-order valence-corrected chi connectivity index (χ3v) is 7.72. The van der Waals surface area contributed by atoms with E-state index < -0.39 is 17.4 Å². The summed E-state index contributed by atoms with van der Waals surface area (Å²) in [4.78, 5) is 43.1. The maximum atomic E-state index is 12.8. The van der Waals surface area contributed by atoms with Gasteiger partial charge in [-0.3, -0.25) is 19.0 Å². The number of nitrogens with one attached hydrogen (secondary N) is 1. The van der Waals surface area contributed by atoms with E-state index in [0.29, 0.717) is 32.3 Å². The standard InChI is InChI=1S/C20H19N5O3S2/c1-9-3-4-11-12(6-21)18(29-13(11)5-9)24-14(26)7-25-8-23-19-15(20(25)28)10(2)16(30-19)17(22)27/h8-9H,3-5,7H2,1-2H3,(H2,22,27)(H,24,26). The summed E-state index contributed by atoms with van der Waals surface area (Å²) >= 11 is 2.50. The molecule has 8 nitrogen and oxygen atoms in total. The van der Waals surface area contributed by atoms with Crippen molar-refractivity contribution in [3.63, 3.8) is 0 Å². The van der Waals surface area contributed by atoms with Crippen LogP contribution >= 0.6 is 22.7 Å². The molecule has 10 heteroatoms. The van der Waals surface area contributed by atoms with Gasteiger partial charge in [-0.05, 0) is 43.2 Å². The molecule has 2 amide bonds. The molecule has 0 spiro atoms. The van der Waals surface area contributed by atoms with Crippen LogP contribution in [-0.2, 0) is 24.2 Å². The van der Waals surface area contributed by atoms with Crippen LogP contribution in [0.2, 0.25) is 0 Å². The minimum atomic E-state index is -0.612. The van der Waals surface area contributed by atoms with Crippen molar-refractivity contribution in [3.8, 4) is 6.07 Å². The third-order valence-electron chi connectivity index (χ3n) is 5.33. The van der Waals surface area contributed by atoms with Crippen molar-refractivity contribution in [1.29, 1.82) is 5.26 Å². The Morgan fingerprint density at radius 3 is 2.90 bits per heavy atom. The summed E-state index contributed by atoms with van der Waals surface area (Å²) in [6, 6.07) is 2.22. The molecule has 1 atom stereocenters. The molecule has 0 aromatic carbocycles. The monoisotopic (exact) mass is 441 g/mol. The fraction of sp³-hybridized carbons (Fsp3) is 0.350. The summed E-state index contributed by atoms with van der Waals surface area (Å²) < 4.78 is 1.20. The van der Waals surface area contributed by atoms with Crippen LogP contribution in [0.4, 0.5) is 5.00 Å². The normalized spacial score (nSPS) is 15.6. The van der Waals surface area contributed by atoms with Gasteiger partial charge in [-0.15, -0.1) is 22.7 Å². The van der Waals surface area contributed by atoms with Gasteiger partial charge < -0.3 is 11.1 Å². The molecule has 3 aromatic heterocycles. The number of hydrogen-bond acceptors (Lipinski definition) is 7. The van der Waals surface area contributed by atoms with E-state index in [2.05, 4.69) is 23.3 Å². The number of anilines is 1. The number of nitriles is 1. The number of nitrogens with two attached hydrogens (primary N) is 1. The highest BCUT2D eigenvalue weighted by atomic mass is 32.1. The molecule has 0 aliphatic heterocycles. The first-order valence-electron chi connectivity index (χ1n) is 9.43. The summed E-state index contributed by atoms with van der Waals surface area (Å²) in [5.74, 6) is -0.467. The number of rotatable bonds is 4. The van der Waals surface area contributed by atoms with Crippen molar-refractivity contribution < 1.29 is 9.59 Å². The van der Waals surface area contributed by atoms with E-state index >= 15 is 0 Å². The second-order valence-corrected chi connectivity index (χ2v) is 9.60. The lowest BCUT2D eigenvalue weighted by molar-refractivity contribution is -0.116. The average molecular weight is 442 g/mol. The highest BCUT2D eigenvalue weighted by molar-refractivity contribution is 7.20. The summed E-state index contributed by atoms with van der Waals surface area (Å²) in [6.07, 6.45) is 4.06. The minimum Gasteiger partial charge on any atom is -0.365 e. The Labute approximate surface area is 180 Å². The van der Waals surface area contributed by atoms with Gasteiger partial charge in [0.15, 0.2) is 0 Å². The summed E-state index contributed by atoms with van der Waals surface area (Å²) in [5.41, 5.74) is 6.98. The van der Waals surface area contributed by atoms with E-state index in [1.54, 1.807) is 6.92 Å². The first-order valence-corrected chi connectivity index (χ1v) is 11.1. The van der Waals surface area contributed by atoms with Crippen molar-refractivity contribution >= 4 is 49.7 Å². The largest absolute Gasteiger partial charge is 0.365 e. The molecule has 1 unspecified atom stereocenters. The maximum absolute atomic E-state index is 12.8. The van der Waals surface area contributed by atoms with Gasteiger partial charge in [-0.1, -0.05) is 6.92 Å². The van der Waals surface area contributed by atoms with Crippen molar-refractivity contribution in [2.45, 2.75) is 39.7 Å². The van der Waals surface area contributed by atoms with Gasteiger partial charge in [-0.2, -0.15) is 5.26 Å². The molecule has 4 rings (SSSR count). The Morgan fingerprint density at radius 1 is 1.43 bits per heavy atom. The lowest BCUT2D eigenvalue weighted by Gasteiger charge is -2.17. The number of nitrogens with zero attached hydrogens (tertiary/aromatic N) is 3. The Balaban J connectivity index is 1.61. The Hall–Kier alpha value is -3.03. The predicted molar refractivity (Wildman–Crippen MR) is 116 cm³/mol. The molecule has 0 bridgehead atoms. The lowest BCUT2D eigenvalue weighted by Crippen LogP contribution is -2.28. The van der Waals surface area contributed by atoms with E-state index in [0.717, 1.165) is 41.0 Å². The van der Waals surface area contributed by atoms with Crippen molar-refractivity contribution in [1.82, 2.24) is 9.55 Å². The number of fused-ring (bicyclic) bond motifs is 2. The number of hydrogen-bond donors (Lipinski definition) is 2. The van der Waals surface area contributed by atoms with Gasteiger partial charge in [0.25, 0.3) is 11.5 Å². The predicted octanol–water partition coefficient (Wildman–Crippen LogP) is 2.56. The molecule has 0 saturated heterocycles.